The van der Waals surface area contributed by atoms with E-state index < -0.39 is 11.7 Å². The third-order valence-corrected chi connectivity index (χ3v) is 1.72. The van der Waals surface area contributed by atoms with E-state index in [4.69, 9.17) is 0 Å². The monoisotopic (exact) mass is 201 g/mol. The molecule has 0 aliphatic carbocycles. The summed E-state index contributed by atoms with van der Waals surface area (Å²) in [5.41, 5.74) is -0.167. The van der Waals surface area contributed by atoms with E-state index >= 15 is 0 Å². The number of aryl methyl sites for hydroxylation is 1. The predicted octanol–water partition coefficient (Wildman–Crippen LogP) is 3.44. The first-order chi connectivity index (χ1) is 6.45. The van der Waals surface area contributed by atoms with Crippen molar-refractivity contribution < 1.29 is 13.2 Å². The van der Waals surface area contributed by atoms with Crippen molar-refractivity contribution in [3.05, 3.63) is 35.2 Å². The fraction of sp³-hybridized carbons (Fsp3) is 0.300. The summed E-state index contributed by atoms with van der Waals surface area (Å²) in [7, 11) is 0. The first kappa shape index (κ1) is 10.8. The average molecular weight is 201 g/mol. The normalized spacial score (nSPS) is 12.4. The summed E-state index contributed by atoms with van der Waals surface area (Å²) < 4.78 is 37.5. The van der Waals surface area contributed by atoms with E-state index in [-0.39, 0.29) is 5.56 Å². The molecule has 0 aliphatic rings. The molecule has 0 radical (unpaired) electrons. The Bertz CT molecular complexity index is 353. The third-order valence-electron chi connectivity index (χ3n) is 1.72. The van der Waals surface area contributed by atoms with Gasteiger partial charge in [0.05, 0.1) is 5.56 Å². The molecule has 0 fully saturated rings. The Morgan fingerprint density at radius 1 is 1.36 bits per heavy atom. The van der Waals surface area contributed by atoms with Crippen LogP contribution in [-0.4, -0.2) is 4.98 Å². The maximum Gasteiger partial charge on any atom is 0.417 e. The van der Waals surface area contributed by atoms with E-state index in [1.165, 1.54) is 19.2 Å². The zero-order valence-corrected chi connectivity index (χ0v) is 7.89. The van der Waals surface area contributed by atoms with E-state index in [1.54, 1.807) is 13.0 Å². The van der Waals surface area contributed by atoms with Crippen LogP contribution >= 0.6 is 0 Å². The van der Waals surface area contributed by atoms with E-state index in [9.17, 15) is 13.2 Å². The molecule has 0 saturated heterocycles. The van der Waals surface area contributed by atoms with Gasteiger partial charge in [-0.2, -0.15) is 13.2 Å². The molecule has 0 amide bonds. The fourth-order valence-corrected chi connectivity index (χ4v) is 1.13. The summed E-state index contributed by atoms with van der Waals surface area (Å²) in [6.07, 6.45) is -0.127. The number of hydrogen-bond donors (Lipinski definition) is 0. The van der Waals surface area contributed by atoms with Crippen molar-refractivity contribution in [2.45, 2.75) is 20.0 Å². The van der Waals surface area contributed by atoms with E-state index in [0.717, 1.165) is 6.07 Å². The van der Waals surface area contributed by atoms with Gasteiger partial charge in [0.2, 0.25) is 0 Å². The smallest absolute Gasteiger partial charge is 0.261 e. The highest BCUT2D eigenvalue weighted by molar-refractivity contribution is 5.53. The lowest BCUT2D eigenvalue weighted by molar-refractivity contribution is -0.137. The molecule has 0 atom stereocenters. The second kappa shape index (κ2) is 3.82. The van der Waals surface area contributed by atoms with Crippen LogP contribution in [0.5, 0.6) is 0 Å². The van der Waals surface area contributed by atoms with Gasteiger partial charge in [-0.3, -0.25) is 4.98 Å². The minimum absolute atomic E-state index is 0.102. The number of alkyl halides is 3. The molecule has 76 valence electrons. The van der Waals surface area contributed by atoms with Gasteiger partial charge in [-0.15, -0.1) is 0 Å². The summed E-state index contributed by atoms with van der Waals surface area (Å²) in [4.78, 5) is 3.82. The van der Waals surface area contributed by atoms with Crippen LogP contribution in [0.2, 0.25) is 0 Å². The topological polar surface area (TPSA) is 12.9 Å². The van der Waals surface area contributed by atoms with Crippen LogP contribution in [0.25, 0.3) is 6.08 Å². The van der Waals surface area contributed by atoms with Crippen molar-refractivity contribution in [3.63, 3.8) is 0 Å². The quantitative estimate of drug-likeness (QED) is 0.678. The van der Waals surface area contributed by atoms with Crippen LogP contribution in [-0.2, 0) is 6.18 Å². The zero-order chi connectivity index (χ0) is 10.8. The number of rotatable bonds is 1. The first-order valence-electron chi connectivity index (χ1n) is 4.11. The van der Waals surface area contributed by atoms with Crippen LogP contribution in [0.3, 0.4) is 0 Å². The predicted molar refractivity (Wildman–Crippen MR) is 48.7 cm³/mol. The lowest BCUT2D eigenvalue weighted by Gasteiger charge is -2.10. The average Bonchev–Trinajstić information content (AvgIpc) is 2.07. The molecule has 0 bridgehead atoms. The van der Waals surface area contributed by atoms with Crippen molar-refractivity contribution in [1.29, 1.82) is 0 Å². The van der Waals surface area contributed by atoms with Gasteiger partial charge in [0.25, 0.3) is 0 Å². The maximum absolute atomic E-state index is 12.5. The first-order valence-corrected chi connectivity index (χ1v) is 4.11. The van der Waals surface area contributed by atoms with Crippen LogP contribution in [0.15, 0.2) is 18.3 Å². The molecule has 0 N–H and O–H groups in total. The van der Waals surface area contributed by atoms with Gasteiger partial charge in [0, 0.05) is 17.5 Å². The Morgan fingerprint density at radius 3 is 2.50 bits per heavy atom. The molecule has 0 spiro atoms. The molecule has 0 unspecified atom stereocenters. The van der Waals surface area contributed by atoms with Crippen molar-refractivity contribution in [1.82, 2.24) is 4.98 Å². The van der Waals surface area contributed by atoms with Crippen LogP contribution in [0.4, 0.5) is 13.2 Å². The molecule has 1 heterocycles. The van der Waals surface area contributed by atoms with E-state index in [1.807, 2.05) is 0 Å². The lowest BCUT2D eigenvalue weighted by atomic mass is 10.1. The molecular weight excluding hydrogens is 191 g/mol. The minimum Gasteiger partial charge on any atom is -0.261 e. The van der Waals surface area contributed by atoms with Crippen molar-refractivity contribution >= 4 is 6.08 Å². The van der Waals surface area contributed by atoms with E-state index in [0.29, 0.717) is 5.69 Å². The fourth-order valence-electron chi connectivity index (χ4n) is 1.13. The molecule has 0 aromatic carbocycles. The van der Waals surface area contributed by atoms with Gasteiger partial charge in [-0.25, -0.2) is 0 Å². The Morgan fingerprint density at radius 2 is 2.00 bits per heavy atom. The second-order valence-electron chi connectivity index (χ2n) is 2.91. The second-order valence-corrected chi connectivity index (χ2v) is 2.91. The SMILES string of the molecule is C/C=C/c1cnc(C)cc1C(F)(F)F. The zero-order valence-electron chi connectivity index (χ0n) is 7.89. The summed E-state index contributed by atoms with van der Waals surface area (Å²) in [6.45, 7) is 3.20. The maximum atomic E-state index is 12.5. The number of allylic oxidation sites excluding steroid dienone is 1. The standard InChI is InChI=1S/C10H10F3N/c1-3-4-8-6-14-7(2)5-9(8)10(11,12)13/h3-6H,1-2H3/b4-3+. The number of pyridine rings is 1. The van der Waals surface area contributed by atoms with Gasteiger partial charge in [-0.1, -0.05) is 12.2 Å². The van der Waals surface area contributed by atoms with Crippen molar-refractivity contribution in [2.75, 3.05) is 0 Å². The van der Waals surface area contributed by atoms with Gasteiger partial charge in [0.1, 0.15) is 0 Å². The number of aromatic nitrogens is 1. The highest BCUT2D eigenvalue weighted by atomic mass is 19.4. The van der Waals surface area contributed by atoms with Crippen molar-refractivity contribution in [3.8, 4) is 0 Å². The molecule has 0 saturated carbocycles. The summed E-state index contributed by atoms with van der Waals surface area (Å²) >= 11 is 0. The Balaban J connectivity index is 3.30. The molecule has 1 aromatic rings. The summed E-state index contributed by atoms with van der Waals surface area (Å²) in [5.74, 6) is 0. The molecule has 1 aromatic heterocycles. The Labute approximate surface area is 80.3 Å². The highest BCUT2D eigenvalue weighted by Crippen LogP contribution is 2.32. The van der Waals surface area contributed by atoms with Gasteiger partial charge >= 0.3 is 6.18 Å². The molecule has 14 heavy (non-hydrogen) atoms. The summed E-state index contributed by atoms with van der Waals surface area (Å²) in [5, 5.41) is 0. The van der Waals surface area contributed by atoms with Gasteiger partial charge in [-0.05, 0) is 19.9 Å². The molecule has 4 heteroatoms. The third kappa shape index (κ3) is 2.34. The van der Waals surface area contributed by atoms with Crippen LogP contribution in [0, 0.1) is 6.92 Å². The molecular formula is C10H10F3N. The minimum atomic E-state index is -4.32. The van der Waals surface area contributed by atoms with Gasteiger partial charge < -0.3 is 0 Å². The Hall–Kier alpha value is -1.32. The van der Waals surface area contributed by atoms with Crippen LogP contribution < -0.4 is 0 Å². The van der Waals surface area contributed by atoms with Crippen LogP contribution in [0.1, 0.15) is 23.7 Å². The molecule has 1 rings (SSSR count). The van der Waals surface area contributed by atoms with Crippen molar-refractivity contribution in [2.24, 2.45) is 0 Å². The summed E-state index contributed by atoms with van der Waals surface area (Å²) in [6, 6.07) is 1.05. The number of halogens is 3. The van der Waals surface area contributed by atoms with Gasteiger partial charge in [0.15, 0.2) is 0 Å². The number of nitrogens with zero attached hydrogens (tertiary/aromatic N) is 1. The largest absolute Gasteiger partial charge is 0.417 e. The molecule has 0 aliphatic heterocycles. The van der Waals surface area contributed by atoms with E-state index in [2.05, 4.69) is 4.98 Å². The number of hydrogen-bond acceptors (Lipinski definition) is 1. The lowest BCUT2D eigenvalue weighted by Crippen LogP contribution is -2.08. The molecule has 1 nitrogen and oxygen atoms in total. The highest BCUT2D eigenvalue weighted by Gasteiger charge is 2.32. The Kier molecular flexibility index (Phi) is 2.93.